The van der Waals surface area contributed by atoms with E-state index < -0.39 is 42.0 Å². The number of rotatable bonds is 5. The van der Waals surface area contributed by atoms with Crippen molar-refractivity contribution in [1.82, 2.24) is 16.0 Å². The zero-order valence-corrected chi connectivity index (χ0v) is 16.1. The van der Waals surface area contributed by atoms with Crippen molar-refractivity contribution in [2.75, 3.05) is 13.3 Å². The van der Waals surface area contributed by atoms with E-state index in [0.29, 0.717) is 11.5 Å². The van der Waals surface area contributed by atoms with E-state index in [9.17, 15) is 19.2 Å². The Morgan fingerprint density at radius 3 is 2.50 bits per heavy atom. The fraction of sp³-hybridized carbons (Fsp3) is 0.444. The Balaban J connectivity index is 1.77. The highest BCUT2D eigenvalue weighted by molar-refractivity contribution is 5.98. The van der Waals surface area contributed by atoms with E-state index in [4.69, 9.17) is 14.2 Å². The maximum Gasteiger partial charge on any atom is 0.326 e. The molecule has 1 atom stereocenters. The van der Waals surface area contributed by atoms with E-state index in [-0.39, 0.29) is 12.4 Å². The van der Waals surface area contributed by atoms with E-state index in [2.05, 4.69) is 16.0 Å². The van der Waals surface area contributed by atoms with Gasteiger partial charge in [0, 0.05) is 11.1 Å². The molecule has 1 aliphatic heterocycles. The summed E-state index contributed by atoms with van der Waals surface area (Å²) in [4.78, 5) is 47.5. The van der Waals surface area contributed by atoms with Gasteiger partial charge in [0.1, 0.15) is 6.54 Å². The molecule has 152 valence electrons. The summed E-state index contributed by atoms with van der Waals surface area (Å²) in [5.41, 5.74) is -0.245. The van der Waals surface area contributed by atoms with Gasteiger partial charge in [-0.3, -0.25) is 19.7 Å². The van der Waals surface area contributed by atoms with Crippen LogP contribution in [-0.4, -0.2) is 48.8 Å². The third kappa shape index (κ3) is 6.15. The lowest BCUT2D eigenvalue weighted by molar-refractivity contribution is -0.153. The summed E-state index contributed by atoms with van der Waals surface area (Å²) < 4.78 is 15.3. The van der Waals surface area contributed by atoms with Gasteiger partial charge in [0.15, 0.2) is 17.6 Å². The molecule has 4 amide bonds. The second-order valence-corrected chi connectivity index (χ2v) is 7.08. The molecule has 1 aromatic rings. The van der Waals surface area contributed by atoms with E-state index in [0.717, 1.165) is 0 Å². The van der Waals surface area contributed by atoms with Crippen LogP contribution in [-0.2, 0) is 14.3 Å². The third-order valence-corrected chi connectivity index (χ3v) is 3.43. The van der Waals surface area contributed by atoms with E-state index in [1.807, 2.05) is 0 Å². The number of ether oxygens (including phenoxy) is 3. The number of imide groups is 1. The van der Waals surface area contributed by atoms with Gasteiger partial charge in [0.2, 0.25) is 6.79 Å². The highest BCUT2D eigenvalue weighted by Gasteiger charge is 2.22. The quantitative estimate of drug-likeness (QED) is 0.627. The molecule has 1 aliphatic rings. The predicted molar refractivity (Wildman–Crippen MR) is 96.9 cm³/mol. The highest BCUT2D eigenvalue weighted by atomic mass is 16.7. The van der Waals surface area contributed by atoms with Crippen molar-refractivity contribution in [2.24, 2.45) is 0 Å². The molecular weight excluding hydrogens is 370 g/mol. The van der Waals surface area contributed by atoms with Crippen LogP contribution in [0.2, 0.25) is 0 Å². The van der Waals surface area contributed by atoms with E-state index in [1.165, 1.54) is 19.1 Å². The van der Waals surface area contributed by atoms with Gasteiger partial charge in [-0.2, -0.15) is 0 Å². The molecule has 0 saturated carbocycles. The molecule has 2 rings (SSSR count). The average molecular weight is 393 g/mol. The highest BCUT2D eigenvalue weighted by Crippen LogP contribution is 2.32. The smallest absolute Gasteiger partial charge is 0.326 e. The summed E-state index contributed by atoms with van der Waals surface area (Å²) >= 11 is 0. The standard InChI is InChI=1S/C18H23N3O7/c1-10(15(23)20-17(25)21-18(2,3)4)28-14(22)8-19-16(24)11-5-6-12-13(7-11)27-9-26-12/h5-7,10H,8-9H2,1-4H3,(H,19,24)(H2,20,21,23,25). The van der Waals surface area contributed by atoms with Gasteiger partial charge in [0.05, 0.1) is 0 Å². The van der Waals surface area contributed by atoms with Gasteiger partial charge in [0.25, 0.3) is 11.8 Å². The molecule has 0 radical (unpaired) electrons. The maximum atomic E-state index is 12.1. The van der Waals surface area contributed by atoms with Crippen molar-refractivity contribution in [2.45, 2.75) is 39.3 Å². The lowest BCUT2D eigenvalue weighted by atomic mass is 10.1. The average Bonchev–Trinajstić information content (AvgIpc) is 3.05. The molecule has 1 aromatic carbocycles. The van der Waals surface area contributed by atoms with Gasteiger partial charge >= 0.3 is 12.0 Å². The lowest BCUT2D eigenvalue weighted by Gasteiger charge is -2.21. The van der Waals surface area contributed by atoms with Crippen LogP contribution in [0.1, 0.15) is 38.1 Å². The van der Waals surface area contributed by atoms with Crippen molar-refractivity contribution in [3.8, 4) is 11.5 Å². The molecule has 0 saturated heterocycles. The first-order valence-electron chi connectivity index (χ1n) is 8.55. The van der Waals surface area contributed by atoms with Crippen LogP contribution < -0.4 is 25.4 Å². The van der Waals surface area contributed by atoms with Crippen molar-refractivity contribution in [1.29, 1.82) is 0 Å². The molecule has 0 bridgehead atoms. The monoisotopic (exact) mass is 393 g/mol. The van der Waals surface area contributed by atoms with Gasteiger partial charge < -0.3 is 24.8 Å². The molecule has 0 fully saturated rings. The number of carbonyl (C=O) groups excluding carboxylic acids is 4. The lowest BCUT2D eigenvalue weighted by Crippen LogP contribution is -2.50. The Morgan fingerprint density at radius 1 is 1.14 bits per heavy atom. The largest absolute Gasteiger partial charge is 0.454 e. The summed E-state index contributed by atoms with van der Waals surface area (Å²) in [6, 6.07) is 3.91. The van der Waals surface area contributed by atoms with Crippen LogP contribution in [0.4, 0.5) is 4.79 Å². The number of urea groups is 1. The van der Waals surface area contributed by atoms with Crippen LogP contribution in [0.5, 0.6) is 11.5 Å². The molecule has 1 unspecified atom stereocenters. The van der Waals surface area contributed by atoms with Crippen LogP contribution in [0.15, 0.2) is 18.2 Å². The van der Waals surface area contributed by atoms with Crippen LogP contribution in [0, 0.1) is 0 Å². The number of esters is 1. The van der Waals surface area contributed by atoms with Gasteiger partial charge in [-0.1, -0.05) is 0 Å². The first kappa shape index (κ1) is 21.0. The molecule has 0 aromatic heterocycles. The summed E-state index contributed by atoms with van der Waals surface area (Å²) in [5.74, 6) is -1.15. The first-order valence-corrected chi connectivity index (χ1v) is 8.55. The number of carbonyl (C=O) groups is 4. The normalized spacial score (nSPS) is 13.3. The van der Waals surface area contributed by atoms with Gasteiger partial charge in [-0.15, -0.1) is 0 Å². The van der Waals surface area contributed by atoms with E-state index >= 15 is 0 Å². The second kappa shape index (κ2) is 8.59. The Bertz CT molecular complexity index is 786. The number of hydrogen-bond donors (Lipinski definition) is 3. The fourth-order valence-corrected chi connectivity index (χ4v) is 2.17. The Hall–Kier alpha value is -3.30. The molecular formula is C18H23N3O7. The number of fused-ring (bicyclic) bond motifs is 1. The zero-order valence-electron chi connectivity index (χ0n) is 16.1. The number of benzene rings is 1. The minimum Gasteiger partial charge on any atom is -0.454 e. The fourth-order valence-electron chi connectivity index (χ4n) is 2.17. The molecule has 10 nitrogen and oxygen atoms in total. The minimum atomic E-state index is -1.21. The Morgan fingerprint density at radius 2 is 1.82 bits per heavy atom. The minimum absolute atomic E-state index is 0.0838. The molecule has 10 heteroatoms. The molecule has 1 heterocycles. The van der Waals surface area contributed by atoms with Gasteiger partial charge in [-0.05, 0) is 45.9 Å². The second-order valence-electron chi connectivity index (χ2n) is 7.08. The van der Waals surface area contributed by atoms with Crippen LogP contribution in [0.25, 0.3) is 0 Å². The SMILES string of the molecule is CC(OC(=O)CNC(=O)c1ccc2c(c1)OCO2)C(=O)NC(=O)NC(C)(C)C. The molecule has 0 aliphatic carbocycles. The molecule has 3 N–H and O–H groups in total. The number of amides is 4. The maximum absolute atomic E-state index is 12.1. The number of nitrogens with one attached hydrogen (secondary N) is 3. The topological polar surface area (TPSA) is 132 Å². The predicted octanol–water partition coefficient (Wildman–Crippen LogP) is 0.701. The van der Waals surface area contributed by atoms with Crippen molar-refractivity contribution >= 4 is 23.8 Å². The van der Waals surface area contributed by atoms with E-state index in [1.54, 1.807) is 26.8 Å². The summed E-state index contributed by atoms with van der Waals surface area (Å²) in [5, 5.41) is 7.01. The molecule has 0 spiro atoms. The number of hydrogen-bond acceptors (Lipinski definition) is 7. The van der Waals surface area contributed by atoms with Gasteiger partial charge in [-0.25, -0.2) is 4.79 Å². The third-order valence-electron chi connectivity index (χ3n) is 3.43. The van der Waals surface area contributed by atoms with Crippen molar-refractivity contribution in [3.05, 3.63) is 23.8 Å². The first-order chi connectivity index (χ1) is 13.0. The molecule has 28 heavy (non-hydrogen) atoms. The summed E-state index contributed by atoms with van der Waals surface area (Å²) in [6.07, 6.45) is -1.21. The summed E-state index contributed by atoms with van der Waals surface area (Å²) in [7, 11) is 0. The van der Waals surface area contributed by atoms with Crippen molar-refractivity contribution < 1.29 is 33.4 Å². The van der Waals surface area contributed by atoms with Crippen molar-refractivity contribution in [3.63, 3.8) is 0 Å². The Kier molecular flexibility index (Phi) is 6.45. The zero-order chi connectivity index (χ0) is 20.9. The summed E-state index contributed by atoms with van der Waals surface area (Å²) in [6.45, 7) is 6.22. The van der Waals surface area contributed by atoms with Crippen LogP contribution in [0.3, 0.4) is 0 Å². The van der Waals surface area contributed by atoms with Crippen LogP contribution >= 0.6 is 0 Å². The Labute approximate surface area is 161 Å².